The summed E-state index contributed by atoms with van der Waals surface area (Å²) in [6, 6.07) is 26.4. The molecular weight excluding hydrogens is 378 g/mol. The van der Waals surface area contributed by atoms with Gasteiger partial charge in [-0.2, -0.15) is 0 Å². The zero-order valence-corrected chi connectivity index (χ0v) is 16.6. The summed E-state index contributed by atoms with van der Waals surface area (Å²) in [6.07, 6.45) is 0.216. The number of para-hydroxylation sites is 2. The predicted octanol–water partition coefficient (Wildman–Crippen LogP) is 3.98. The van der Waals surface area contributed by atoms with Gasteiger partial charge in [0.15, 0.2) is 0 Å². The van der Waals surface area contributed by atoms with E-state index in [2.05, 4.69) is 16.0 Å². The molecule has 6 nitrogen and oxygen atoms in total. The molecule has 3 N–H and O–H groups in total. The van der Waals surface area contributed by atoms with Crippen molar-refractivity contribution in [2.45, 2.75) is 19.5 Å². The van der Waals surface area contributed by atoms with Gasteiger partial charge in [-0.25, -0.2) is 4.79 Å². The number of amides is 3. The van der Waals surface area contributed by atoms with Crippen LogP contribution in [-0.4, -0.2) is 18.5 Å². The van der Waals surface area contributed by atoms with Gasteiger partial charge in [0.05, 0.1) is 0 Å². The fourth-order valence-electron chi connectivity index (χ4n) is 2.78. The minimum Gasteiger partial charge on any atom is -0.457 e. The summed E-state index contributed by atoms with van der Waals surface area (Å²) >= 11 is 0. The number of carbonyl (C=O) groups is 2. The molecule has 0 spiro atoms. The number of benzene rings is 3. The lowest BCUT2D eigenvalue weighted by Crippen LogP contribution is -2.37. The first kappa shape index (κ1) is 20.9. The number of hydrogen-bond donors (Lipinski definition) is 3. The monoisotopic (exact) mass is 403 g/mol. The van der Waals surface area contributed by atoms with Gasteiger partial charge in [-0.1, -0.05) is 66.7 Å². The Morgan fingerprint density at radius 3 is 2.13 bits per heavy atom. The lowest BCUT2D eigenvalue weighted by atomic mass is 10.2. The van der Waals surface area contributed by atoms with Gasteiger partial charge in [0.1, 0.15) is 11.5 Å². The molecule has 3 amide bonds. The lowest BCUT2D eigenvalue weighted by molar-refractivity contribution is -0.121. The van der Waals surface area contributed by atoms with Crippen molar-refractivity contribution in [2.24, 2.45) is 0 Å². The van der Waals surface area contributed by atoms with Gasteiger partial charge < -0.3 is 20.7 Å². The maximum absolute atomic E-state index is 12.1. The average Bonchev–Trinajstić information content (AvgIpc) is 2.78. The van der Waals surface area contributed by atoms with Crippen molar-refractivity contribution in [1.82, 2.24) is 16.0 Å². The Morgan fingerprint density at radius 2 is 1.37 bits per heavy atom. The van der Waals surface area contributed by atoms with Crippen LogP contribution < -0.4 is 20.7 Å². The lowest BCUT2D eigenvalue weighted by Gasteiger charge is -2.12. The van der Waals surface area contributed by atoms with E-state index in [-0.39, 0.29) is 24.9 Å². The zero-order valence-electron chi connectivity index (χ0n) is 16.6. The molecule has 6 heteroatoms. The molecule has 0 atom stereocenters. The van der Waals surface area contributed by atoms with Crippen LogP contribution in [-0.2, 0) is 17.9 Å². The number of carbonyl (C=O) groups excluding carboxylic acids is 2. The van der Waals surface area contributed by atoms with Crippen molar-refractivity contribution >= 4 is 11.9 Å². The van der Waals surface area contributed by atoms with Crippen LogP contribution in [0, 0.1) is 0 Å². The summed E-state index contributed by atoms with van der Waals surface area (Å²) in [5.41, 5.74) is 1.89. The first-order valence-corrected chi connectivity index (χ1v) is 9.84. The molecule has 0 unspecified atom stereocenters. The standard InChI is InChI=1S/C24H25N3O3/c28-23(26-17-19-9-3-1-4-10-19)15-16-25-24(29)27-18-20-11-7-8-14-22(20)30-21-12-5-2-6-13-21/h1-14H,15-18H2,(H,26,28)(H2,25,27,29). The van der Waals surface area contributed by atoms with E-state index in [0.717, 1.165) is 16.9 Å². The Kier molecular flexibility index (Phi) is 7.85. The molecule has 0 heterocycles. The molecule has 0 saturated heterocycles. The maximum Gasteiger partial charge on any atom is 0.315 e. The molecule has 3 aromatic carbocycles. The normalized spacial score (nSPS) is 10.1. The van der Waals surface area contributed by atoms with Crippen molar-refractivity contribution in [3.63, 3.8) is 0 Å². The highest BCUT2D eigenvalue weighted by Gasteiger charge is 2.07. The second-order valence-corrected chi connectivity index (χ2v) is 6.64. The SMILES string of the molecule is O=C(CCNC(=O)NCc1ccccc1Oc1ccccc1)NCc1ccccc1. The van der Waals surface area contributed by atoms with E-state index < -0.39 is 0 Å². The van der Waals surface area contributed by atoms with Crippen molar-refractivity contribution in [2.75, 3.05) is 6.54 Å². The molecule has 0 fully saturated rings. The number of ether oxygens (including phenoxy) is 1. The zero-order chi connectivity index (χ0) is 21.0. The second kappa shape index (κ2) is 11.3. The molecule has 3 rings (SSSR count). The summed E-state index contributed by atoms with van der Waals surface area (Å²) < 4.78 is 5.89. The van der Waals surface area contributed by atoms with Crippen LogP contribution in [0.3, 0.4) is 0 Å². The topological polar surface area (TPSA) is 79.5 Å². The first-order valence-electron chi connectivity index (χ1n) is 9.84. The van der Waals surface area contributed by atoms with Gasteiger partial charge in [-0.05, 0) is 23.8 Å². The minimum atomic E-state index is -0.333. The highest BCUT2D eigenvalue weighted by atomic mass is 16.5. The molecule has 0 aliphatic rings. The first-order chi connectivity index (χ1) is 14.7. The van der Waals surface area contributed by atoms with Gasteiger partial charge in [0.2, 0.25) is 5.91 Å². The fourth-order valence-corrected chi connectivity index (χ4v) is 2.78. The number of rotatable bonds is 9. The Labute approximate surface area is 176 Å². The smallest absolute Gasteiger partial charge is 0.315 e. The molecule has 154 valence electrons. The quantitative estimate of drug-likeness (QED) is 0.506. The summed E-state index contributed by atoms with van der Waals surface area (Å²) in [6.45, 7) is 1.05. The van der Waals surface area contributed by atoms with Crippen LogP contribution in [0.4, 0.5) is 4.79 Å². The molecule has 0 radical (unpaired) electrons. The summed E-state index contributed by atoms with van der Waals surface area (Å²) in [7, 11) is 0. The van der Waals surface area contributed by atoms with E-state index >= 15 is 0 Å². The third-order valence-corrected chi connectivity index (χ3v) is 4.35. The molecular formula is C24H25N3O3. The van der Waals surface area contributed by atoms with Crippen molar-refractivity contribution in [3.05, 3.63) is 96.1 Å². The highest BCUT2D eigenvalue weighted by molar-refractivity contribution is 5.78. The molecule has 0 saturated carbocycles. The molecule has 30 heavy (non-hydrogen) atoms. The van der Waals surface area contributed by atoms with Crippen LogP contribution in [0.2, 0.25) is 0 Å². The Morgan fingerprint density at radius 1 is 0.700 bits per heavy atom. The van der Waals surface area contributed by atoms with Crippen LogP contribution >= 0.6 is 0 Å². The summed E-state index contributed by atoms with van der Waals surface area (Å²) in [5, 5.41) is 8.33. The molecule has 0 aromatic heterocycles. The van der Waals surface area contributed by atoms with E-state index in [1.165, 1.54) is 0 Å². The maximum atomic E-state index is 12.1. The Balaban J connectivity index is 1.38. The Hall–Kier alpha value is -3.80. The number of nitrogens with one attached hydrogen (secondary N) is 3. The van der Waals surface area contributed by atoms with Crippen LogP contribution in [0.25, 0.3) is 0 Å². The molecule has 3 aromatic rings. The van der Waals surface area contributed by atoms with Crippen molar-refractivity contribution in [3.8, 4) is 11.5 Å². The van der Waals surface area contributed by atoms with Crippen LogP contribution in [0.1, 0.15) is 17.5 Å². The molecule has 0 aliphatic heterocycles. The Bertz CT molecular complexity index is 946. The highest BCUT2D eigenvalue weighted by Crippen LogP contribution is 2.24. The number of urea groups is 1. The van der Waals surface area contributed by atoms with E-state index in [9.17, 15) is 9.59 Å². The largest absolute Gasteiger partial charge is 0.457 e. The van der Waals surface area contributed by atoms with Gasteiger partial charge in [0.25, 0.3) is 0 Å². The minimum absolute atomic E-state index is 0.110. The molecule has 0 bridgehead atoms. The van der Waals surface area contributed by atoms with Crippen molar-refractivity contribution in [1.29, 1.82) is 0 Å². The average molecular weight is 403 g/mol. The van der Waals surface area contributed by atoms with Gasteiger partial charge >= 0.3 is 6.03 Å². The van der Waals surface area contributed by atoms with Crippen LogP contribution in [0.15, 0.2) is 84.9 Å². The van der Waals surface area contributed by atoms with Crippen LogP contribution in [0.5, 0.6) is 11.5 Å². The third kappa shape index (κ3) is 6.98. The predicted molar refractivity (Wildman–Crippen MR) is 116 cm³/mol. The number of hydrogen-bond acceptors (Lipinski definition) is 3. The van der Waals surface area contributed by atoms with E-state index in [1.54, 1.807) is 0 Å². The summed E-state index contributed by atoms with van der Waals surface area (Å²) in [4.78, 5) is 23.9. The van der Waals surface area contributed by atoms with Gasteiger partial charge in [0, 0.05) is 31.6 Å². The third-order valence-electron chi connectivity index (χ3n) is 4.35. The van der Waals surface area contributed by atoms with Gasteiger partial charge in [-0.3, -0.25) is 4.79 Å². The van der Waals surface area contributed by atoms with Crippen molar-refractivity contribution < 1.29 is 14.3 Å². The van der Waals surface area contributed by atoms with E-state index in [4.69, 9.17) is 4.74 Å². The fraction of sp³-hybridized carbons (Fsp3) is 0.167. The van der Waals surface area contributed by atoms with E-state index in [0.29, 0.717) is 18.8 Å². The van der Waals surface area contributed by atoms with E-state index in [1.807, 2.05) is 84.9 Å². The summed E-state index contributed by atoms with van der Waals surface area (Å²) in [5.74, 6) is 1.31. The van der Waals surface area contributed by atoms with Gasteiger partial charge in [-0.15, -0.1) is 0 Å². The molecule has 0 aliphatic carbocycles. The second-order valence-electron chi connectivity index (χ2n) is 6.64.